The van der Waals surface area contributed by atoms with Crippen molar-refractivity contribution < 1.29 is 0 Å². The maximum absolute atomic E-state index is 4.52. The Bertz CT molecular complexity index is 775. The molecule has 1 aliphatic rings. The van der Waals surface area contributed by atoms with Crippen molar-refractivity contribution in [1.82, 2.24) is 15.0 Å². The Morgan fingerprint density at radius 3 is 3.10 bits per heavy atom. The normalized spacial score (nSPS) is 14.1. The Labute approximate surface area is 129 Å². The zero-order valence-electron chi connectivity index (χ0n) is 11.0. The molecule has 0 amide bonds. The Hall–Kier alpha value is -0.980. The van der Waals surface area contributed by atoms with E-state index in [1.165, 1.54) is 35.1 Å². The van der Waals surface area contributed by atoms with Gasteiger partial charge in [0.25, 0.3) is 0 Å². The summed E-state index contributed by atoms with van der Waals surface area (Å²) in [5.41, 5.74) is 2.65. The number of fused-ring (bicyclic) bond motifs is 3. The highest BCUT2D eigenvalue weighted by Crippen LogP contribution is 2.40. The molecule has 0 aliphatic heterocycles. The van der Waals surface area contributed by atoms with E-state index in [2.05, 4.69) is 20.3 Å². The minimum absolute atomic E-state index is 0.890. The summed E-state index contributed by atoms with van der Waals surface area (Å²) < 4.78 is 0. The lowest BCUT2D eigenvalue weighted by molar-refractivity contribution is 0.915. The van der Waals surface area contributed by atoms with E-state index < -0.39 is 0 Å². The smallest absolute Gasteiger partial charge is 0.128 e. The van der Waals surface area contributed by atoms with Crippen molar-refractivity contribution in [3.63, 3.8) is 0 Å². The van der Waals surface area contributed by atoms with Gasteiger partial charge in [-0.2, -0.15) is 0 Å². The summed E-state index contributed by atoms with van der Waals surface area (Å²) >= 11 is 5.34. The summed E-state index contributed by atoms with van der Waals surface area (Å²) in [7, 11) is 0. The van der Waals surface area contributed by atoms with Crippen LogP contribution in [0.15, 0.2) is 16.7 Å². The van der Waals surface area contributed by atoms with Crippen molar-refractivity contribution in [3.8, 4) is 0 Å². The van der Waals surface area contributed by atoms with Gasteiger partial charge in [0, 0.05) is 21.4 Å². The second kappa shape index (κ2) is 5.09. The first-order chi connectivity index (χ1) is 9.81. The summed E-state index contributed by atoms with van der Waals surface area (Å²) in [5.74, 6) is 0.890. The number of nitrogens with zero attached hydrogens (tertiary/aromatic N) is 3. The van der Waals surface area contributed by atoms with Gasteiger partial charge in [0.15, 0.2) is 0 Å². The van der Waals surface area contributed by atoms with Crippen LogP contribution >= 0.6 is 34.4 Å². The maximum atomic E-state index is 4.52. The van der Waals surface area contributed by atoms with E-state index in [0.29, 0.717) is 0 Å². The Kier molecular flexibility index (Phi) is 3.24. The number of hydrogen-bond acceptors (Lipinski definition) is 6. The van der Waals surface area contributed by atoms with E-state index in [4.69, 9.17) is 0 Å². The summed E-state index contributed by atoms with van der Waals surface area (Å²) in [4.78, 5) is 16.2. The molecule has 0 saturated heterocycles. The van der Waals surface area contributed by atoms with E-state index in [1.807, 2.05) is 18.3 Å². The molecule has 3 aromatic heterocycles. The average Bonchev–Trinajstić information content (AvgIpc) is 3.11. The molecule has 4 rings (SSSR count). The Balaban J connectivity index is 1.69. The van der Waals surface area contributed by atoms with Gasteiger partial charge < -0.3 is 0 Å². The second-order valence-electron chi connectivity index (χ2n) is 4.86. The number of aryl methyl sites for hydroxylation is 3. The van der Waals surface area contributed by atoms with Crippen LogP contribution in [0, 0.1) is 6.92 Å². The quantitative estimate of drug-likeness (QED) is 0.535. The molecule has 0 radical (unpaired) electrons. The number of aromatic nitrogens is 3. The molecule has 0 spiro atoms. The number of rotatable bonds is 3. The first kappa shape index (κ1) is 12.7. The van der Waals surface area contributed by atoms with Crippen LogP contribution in [0.2, 0.25) is 0 Å². The van der Waals surface area contributed by atoms with Crippen molar-refractivity contribution in [1.29, 1.82) is 0 Å². The van der Waals surface area contributed by atoms with Crippen LogP contribution in [0.25, 0.3) is 10.2 Å². The first-order valence-electron chi connectivity index (χ1n) is 6.60. The fourth-order valence-corrected chi connectivity index (χ4v) is 5.56. The Morgan fingerprint density at radius 2 is 2.25 bits per heavy atom. The molecule has 20 heavy (non-hydrogen) atoms. The third kappa shape index (κ3) is 2.16. The Morgan fingerprint density at radius 1 is 1.30 bits per heavy atom. The van der Waals surface area contributed by atoms with Crippen LogP contribution in [-0.4, -0.2) is 15.0 Å². The average molecular weight is 319 g/mol. The van der Waals surface area contributed by atoms with Gasteiger partial charge in [-0.15, -0.1) is 22.7 Å². The standard InChI is InChI=1S/C14H13N3S3/c1-8-17-9(5-18-8)6-19-13-12-10-3-2-4-11(10)20-14(12)16-7-15-13/h5,7H,2-4,6H2,1H3. The number of hydrogen-bond donors (Lipinski definition) is 0. The molecular weight excluding hydrogens is 306 g/mol. The SMILES string of the molecule is Cc1nc(CSc2ncnc3sc4c(c23)CCC4)cs1. The molecule has 6 heteroatoms. The number of thioether (sulfide) groups is 1. The van der Waals surface area contributed by atoms with Crippen molar-refractivity contribution >= 4 is 44.7 Å². The van der Waals surface area contributed by atoms with Crippen LogP contribution in [0.1, 0.15) is 27.6 Å². The maximum Gasteiger partial charge on any atom is 0.128 e. The van der Waals surface area contributed by atoms with Gasteiger partial charge >= 0.3 is 0 Å². The van der Waals surface area contributed by atoms with E-state index in [-0.39, 0.29) is 0 Å². The van der Waals surface area contributed by atoms with Crippen LogP contribution in [0.3, 0.4) is 0 Å². The largest absolute Gasteiger partial charge is 0.246 e. The van der Waals surface area contributed by atoms with Gasteiger partial charge in [-0.1, -0.05) is 11.8 Å². The zero-order chi connectivity index (χ0) is 13.5. The van der Waals surface area contributed by atoms with E-state index >= 15 is 0 Å². The number of thiophene rings is 1. The van der Waals surface area contributed by atoms with Gasteiger partial charge in [0.1, 0.15) is 16.2 Å². The highest BCUT2D eigenvalue weighted by Gasteiger charge is 2.21. The van der Waals surface area contributed by atoms with Crippen molar-refractivity contribution in [3.05, 3.63) is 32.8 Å². The summed E-state index contributed by atoms with van der Waals surface area (Å²) in [5, 5.41) is 5.70. The molecule has 102 valence electrons. The van der Waals surface area contributed by atoms with Crippen LogP contribution in [-0.2, 0) is 18.6 Å². The predicted octanol–water partition coefficient (Wildman–Crippen LogP) is 4.24. The molecular formula is C14H13N3S3. The summed E-state index contributed by atoms with van der Waals surface area (Å²) in [6.07, 6.45) is 5.38. The fraction of sp³-hybridized carbons (Fsp3) is 0.357. The molecule has 0 N–H and O–H groups in total. The van der Waals surface area contributed by atoms with Gasteiger partial charge in [0.05, 0.1) is 10.7 Å². The van der Waals surface area contributed by atoms with Crippen molar-refractivity contribution in [2.75, 3.05) is 0 Å². The first-order valence-corrected chi connectivity index (χ1v) is 9.28. The summed E-state index contributed by atoms with van der Waals surface area (Å²) in [6, 6.07) is 0. The van der Waals surface area contributed by atoms with Gasteiger partial charge in [-0.25, -0.2) is 15.0 Å². The van der Waals surface area contributed by atoms with Crippen molar-refractivity contribution in [2.24, 2.45) is 0 Å². The highest BCUT2D eigenvalue weighted by atomic mass is 32.2. The number of thiazole rings is 1. The molecule has 0 bridgehead atoms. The highest BCUT2D eigenvalue weighted by molar-refractivity contribution is 7.98. The monoisotopic (exact) mass is 319 g/mol. The molecule has 0 fully saturated rings. The topological polar surface area (TPSA) is 38.7 Å². The van der Waals surface area contributed by atoms with Crippen LogP contribution < -0.4 is 0 Å². The predicted molar refractivity (Wildman–Crippen MR) is 85.9 cm³/mol. The van der Waals surface area contributed by atoms with E-state index in [1.54, 1.807) is 29.4 Å². The molecule has 3 heterocycles. The lowest BCUT2D eigenvalue weighted by Gasteiger charge is -2.02. The molecule has 3 nitrogen and oxygen atoms in total. The lowest BCUT2D eigenvalue weighted by Crippen LogP contribution is -1.88. The third-order valence-corrected chi connectivity index (χ3v) is 6.54. The zero-order valence-corrected chi connectivity index (χ0v) is 13.5. The van der Waals surface area contributed by atoms with Gasteiger partial charge in [-0.05, 0) is 31.7 Å². The van der Waals surface area contributed by atoms with E-state index in [0.717, 1.165) is 26.3 Å². The van der Waals surface area contributed by atoms with Gasteiger partial charge in [0.2, 0.25) is 0 Å². The second-order valence-corrected chi connectivity index (χ2v) is 7.97. The molecule has 0 unspecified atom stereocenters. The minimum atomic E-state index is 0.890. The molecule has 3 aromatic rings. The summed E-state index contributed by atoms with van der Waals surface area (Å²) in [6.45, 7) is 2.05. The van der Waals surface area contributed by atoms with Gasteiger partial charge in [-0.3, -0.25) is 0 Å². The molecule has 1 aliphatic carbocycles. The van der Waals surface area contributed by atoms with E-state index in [9.17, 15) is 0 Å². The molecule has 0 atom stereocenters. The van der Waals surface area contributed by atoms with Crippen LogP contribution in [0.4, 0.5) is 0 Å². The van der Waals surface area contributed by atoms with Crippen LogP contribution in [0.5, 0.6) is 0 Å². The molecule has 0 aromatic carbocycles. The minimum Gasteiger partial charge on any atom is -0.246 e. The lowest BCUT2D eigenvalue weighted by atomic mass is 10.2. The van der Waals surface area contributed by atoms with Crippen molar-refractivity contribution in [2.45, 2.75) is 37.0 Å². The fourth-order valence-electron chi connectivity index (χ4n) is 2.63. The third-order valence-electron chi connectivity index (χ3n) is 3.49. The molecule has 0 saturated carbocycles.